The number of β-amino-alcohol motifs (C(OH)–C–C–N with tert-alkyl or cyclic N) is 1. The number of carbonyl (C=O) groups excluding carboxylic acids is 2. The van der Waals surface area contributed by atoms with Gasteiger partial charge in [-0.05, 0) is 65.4 Å². The van der Waals surface area contributed by atoms with Crippen molar-refractivity contribution >= 4 is 34.4 Å². The number of aryl methyl sites for hydroxylation is 1. The number of rotatable bonds is 10. The van der Waals surface area contributed by atoms with Gasteiger partial charge in [-0.15, -0.1) is 11.3 Å². The molecule has 200 valence electrons. The molecule has 1 aromatic heterocycles. The first kappa shape index (κ1) is 27.5. The van der Waals surface area contributed by atoms with E-state index in [0.29, 0.717) is 22.7 Å². The third kappa shape index (κ3) is 7.26. The molecule has 0 unspecified atom stereocenters. The van der Waals surface area contributed by atoms with E-state index in [4.69, 9.17) is 9.84 Å². The number of aliphatic hydroxyl groups excluding tert-OH is 1. The molecule has 2 aromatic carbocycles. The van der Waals surface area contributed by atoms with Crippen molar-refractivity contribution in [3.05, 3.63) is 81.7 Å². The minimum absolute atomic E-state index is 0.182. The number of anilines is 1. The minimum Gasteiger partial charge on any atom is -0.497 e. The molecule has 0 atom stereocenters. The van der Waals surface area contributed by atoms with Crippen LogP contribution in [0.3, 0.4) is 0 Å². The summed E-state index contributed by atoms with van der Waals surface area (Å²) in [5.41, 5.74) is 6.12. The number of piperazine rings is 1. The molecule has 0 radical (unpaired) electrons. The van der Waals surface area contributed by atoms with Crippen LogP contribution < -0.4 is 15.5 Å². The Morgan fingerprint density at radius 3 is 2.53 bits per heavy atom. The zero-order chi connectivity index (χ0) is 26.9. The van der Waals surface area contributed by atoms with Gasteiger partial charge in [-0.2, -0.15) is 5.10 Å². The Kier molecular flexibility index (Phi) is 9.61. The molecule has 0 spiro atoms. The van der Waals surface area contributed by atoms with E-state index in [1.807, 2.05) is 54.8 Å². The Bertz CT molecular complexity index is 1270. The second-order valence-corrected chi connectivity index (χ2v) is 9.97. The molecule has 3 aromatic rings. The van der Waals surface area contributed by atoms with Crippen molar-refractivity contribution in [3.63, 3.8) is 0 Å². The predicted molar refractivity (Wildman–Crippen MR) is 150 cm³/mol. The molecule has 10 heteroatoms. The van der Waals surface area contributed by atoms with Crippen LogP contribution in [0.2, 0.25) is 0 Å². The number of benzene rings is 2. The number of methoxy groups -OCH3 is 1. The summed E-state index contributed by atoms with van der Waals surface area (Å²) in [7, 11) is 1.60. The molecule has 38 heavy (non-hydrogen) atoms. The Labute approximate surface area is 226 Å². The summed E-state index contributed by atoms with van der Waals surface area (Å²) in [6.07, 6.45) is 1.55. The maximum Gasteiger partial charge on any atom is 0.274 e. The summed E-state index contributed by atoms with van der Waals surface area (Å²) in [6.45, 7) is 7.17. The summed E-state index contributed by atoms with van der Waals surface area (Å²) in [5.74, 6) is 0.0817. The Morgan fingerprint density at radius 2 is 1.82 bits per heavy atom. The van der Waals surface area contributed by atoms with Crippen LogP contribution in [0, 0.1) is 6.92 Å². The van der Waals surface area contributed by atoms with E-state index < -0.39 is 5.91 Å². The number of nitrogens with zero attached hydrogens (tertiary/aromatic N) is 3. The average molecular weight is 536 g/mol. The summed E-state index contributed by atoms with van der Waals surface area (Å²) in [6, 6.07) is 14.9. The number of nitrogens with one attached hydrogen (secondary N) is 2. The lowest BCUT2D eigenvalue weighted by atomic mass is 10.1. The highest BCUT2D eigenvalue weighted by Gasteiger charge is 2.20. The van der Waals surface area contributed by atoms with Gasteiger partial charge in [0.05, 0.1) is 25.5 Å². The van der Waals surface area contributed by atoms with E-state index in [2.05, 4.69) is 25.6 Å². The Morgan fingerprint density at radius 1 is 1.08 bits per heavy atom. The van der Waals surface area contributed by atoms with Gasteiger partial charge in [0.2, 0.25) is 0 Å². The Hall–Kier alpha value is -3.57. The van der Waals surface area contributed by atoms with Crippen LogP contribution in [-0.4, -0.2) is 79.4 Å². The number of thiophene rings is 1. The number of hydrogen-bond donors (Lipinski definition) is 3. The highest BCUT2D eigenvalue weighted by molar-refractivity contribution is 7.15. The number of amides is 2. The minimum atomic E-state index is -0.391. The quantitative estimate of drug-likeness (QED) is 0.272. The highest BCUT2D eigenvalue weighted by Crippen LogP contribution is 2.28. The third-order valence-corrected chi connectivity index (χ3v) is 7.41. The maximum absolute atomic E-state index is 13.1. The van der Waals surface area contributed by atoms with Crippen LogP contribution in [0.25, 0.3) is 0 Å². The van der Waals surface area contributed by atoms with E-state index in [-0.39, 0.29) is 12.5 Å². The SMILES string of the molecule is COc1ccc(/C=N/NC(=O)c2c(C)csc2NC(=O)c2cccc(CN3CCN(CCO)CC3)c2)cc1. The highest BCUT2D eigenvalue weighted by atomic mass is 32.1. The van der Waals surface area contributed by atoms with Crippen LogP contribution in [0.4, 0.5) is 5.00 Å². The van der Waals surface area contributed by atoms with Gasteiger partial charge >= 0.3 is 0 Å². The number of hydrogen-bond acceptors (Lipinski definition) is 8. The molecular weight excluding hydrogens is 502 g/mol. The van der Waals surface area contributed by atoms with Crippen LogP contribution in [-0.2, 0) is 6.54 Å². The first-order valence-corrected chi connectivity index (χ1v) is 13.4. The summed E-state index contributed by atoms with van der Waals surface area (Å²) in [4.78, 5) is 30.6. The molecule has 4 rings (SSSR count). The molecule has 1 saturated heterocycles. The van der Waals surface area contributed by atoms with Gasteiger partial charge < -0.3 is 15.2 Å². The molecule has 2 heterocycles. The summed E-state index contributed by atoms with van der Waals surface area (Å²) < 4.78 is 5.14. The average Bonchev–Trinajstić information content (AvgIpc) is 3.30. The largest absolute Gasteiger partial charge is 0.497 e. The van der Waals surface area contributed by atoms with Crippen LogP contribution in [0.5, 0.6) is 5.75 Å². The van der Waals surface area contributed by atoms with Gasteiger partial charge in [-0.1, -0.05) is 12.1 Å². The lowest BCUT2D eigenvalue weighted by Gasteiger charge is -2.34. The molecule has 1 aliphatic heterocycles. The molecule has 0 aliphatic carbocycles. The third-order valence-electron chi connectivity index (χ3n) is 6.40. The number of ether oxygens (including phenoxy) is 1. The van der Waals surface area contributed by atoms with E-state index in [0.717, 1.165) is 55.2 Å². The second-order valence-electron chi connectivity index (χ2n) is 9.09. The van der Waals surface area contributed by atoms with E-state index in [1.54, 1.807) is 19.4 Å². The van der Waals surface area contributed by atoms with Gasteiger partial charge in [0.15, 0.2) is 0 Å². The molecule has 0 bridgehead atoms. The molecule has 2 amide bonds. The van der Waals surface area contributed by atoms with Crippen molar-refractivity contribution in [2.75, 3.05) is 51.8 Å². The normalized spacial score (nSPS) is 14.5. The second kappa shape index (κ2) is 13.3. The van der Waals surface area contributed by atoms with Crippen LogP contribution in [0.1, 0.15) is 37.4 Å². The van der Waals surface area contributed by atoms with Crippen LogP contribution >= 0.6 is 11.3 Å². The predicted octanol–water partition coefficient (Wildman–Crippen LogP) is 3.19. The molecule has 9 nitrogen and oxygen atoms in total. The molecular formula is C28H33N5O4S. The zero-order valence-corrected chi connectivity index (χ0v) is 22.5. The van der Waals surface area contributed by atoms with Crippen LogP contribution in [0.15, 0.2) is 59.0 Å². The lowest BCUT2D eigenvalue weighted by molar-refractivity contribution is 0.0956. The summed E-state index contributed by atoms with van der Waals surface area (Å²) in [5, 5.41) is 18.4. The first-order chi connectivity index (χ1) is 18.5. The molecule has 0 saturated carbocycles. The van der Waals surface area contributed by atoms with E-state index in [9.17, 15) is 9.59 Å². The van der Waals surface area contributed by atoms with Gasteiger partial charge in [0.25, 0.3) is 11.8 Å². The zero-order valence-electron chi connectivity index (χ0n) is 21.6. The fourth-order valence-electron chi connectivity index (χ4n) is 4.29. The van der Waals surface area contributed by atoms with Crippen molar-refractivity contribution < 1.29 is 19.4 Å². The van der Waals surface area contributed by atoms with E-state index >= 15 is 0 Å². The van der Waals surface area contributed by atoms with Crippen molar-refractivity contribution in [2.24, 2.45) is 5.10 Å². The van der Waals surface area contributed by atoms with Gasteiger partial charge in [0.1, 0.15) is 10.8 Å². The molecule has 3 N–H and O–H groups in total. The Balaban J connectivity index is 1.36. The maximum atomic E-state index is 13.1. The van der Waals surface area contributed by atoms with Crippen molar-refractivity contribution in [1.29, 1.82) is 0 Å². The molecule has 1 aliphatic rings. The van der Waals surface area contributed by atoms with Gasteiger partial charge in [0, 0.05) is 44.8 Å². The van der Waals surface area contributed by atoms with E-state index in [1.165, 1.54) is 11.3 Å². The molecule has 1 fully saturated rings. The van der Waals surface area contributed by atoms with Gasteiger partial charge in [-0.3, -0.25) is 19.4 Å². The topological polar surface area (TPSA) is 106 Å². The fraction of sp³-hybridized carbons (Fsp3) is 0.321. The number of aliphatic hydroxyl groups is 1. The smallest absolute Gasteiger partial charge is 0.274 e. The lowest BCUT2D eigenvalue weighted by Crippen LogP contribution is -2.46. The monoisotopic (exact) mass is 535 g/mol. The fourth-order valence-corrected chi connectivity index (χ4v) is 5.22. The van der Waals surface area contributed by atoms with Gasteiger partial charge in [-0.25, -0.2) is 5.43 Å². The number of hydrazone groups is 1. The number of carbonyl (C=O) groups is 2. The van der Waals surface area contributed by atoms with Crippen molar-refractivity contribution in [2.45, 2.75) is 13.5 Å². The summed E-state index contributed by atoms with van der Waals surface area (Å²) >= 11 is 1.31. The van der Waals surface area contributed by atoms with Crippen molar-refractivity contribution in [1.82, 2.24) is 15.2 Å². The standard InChI is InChI=1S/C28H33N5O4S/c1-20-19-38-28(25(20)27(36)31-29-17-21-6-8-24(37-2)9-7-21)30-26(35)23-5-3-4-22(16-23)18-33-12-10-32(11-13-33)14-15-34/h3-9,16-17,19,34H,10-15,18H2,1-2H3,(H,30,35)(H,31,36)/b29-17+. The van der Waals surface area contributed by atoms with Crippen molar-refractivity contribution in [3.8, 4) is 5.75 Å². The first-order valence-electron chi connectivity index (χ1n) is 12.5.